The summed E-state index contributed by atoms with van der Waals surface area (Å²) in [5.74, 6) is -0.105. The lowest BCUT2D eigenvalue weighted by Crippen LogP contribution is -2.13. The van der Waals surface area contributed by atoms with Crippen molar-refractivity contribution < 1.29 is 22.4 Å². The van der Waals surface area contributed by atoms with E-state index in [-0.39, 0.29) is 11.4 Å². The van der Waals surface area contributed by atoms with Gasteiger partial charge < -0.3 is 9.73 Å². The topological polar surface area (TPSA) is 60.1 Å². The summed E-state index contributed by atoms with van der Waals surface area (Å²) in [5, 5.41) is 6.47. The number of carbonyl (C=O) groups is 1. The Bertz CT molecular complexity index is 888. The molecule has 0 aliphatic carbocycles. The number of furan rings is 1. The molecule has 0 radical (unpaired) electrons. The van der Waals surface area contributed by atoms with Gasteiger partial charge in [0.05, 0.1) is 17.8 Å². The van der Waals surface area contributed by atoms with E-state index in [0.717, 1.165) is 12.1 Å². The van der Waals surface area contributed by atoms with Crippen molar-refractivity contribution in [3.8, 4) is 0 Å². The molecule has 1 N–H and O–H groups in total. The summed E-state index contributed by atoms with van der Waals surface area (Å²) >= 11 is 1.85. The third kappa shape index (κ3) is 4.21. The Balaban J connectivity index is 1.75. The zero-order valence-corrected chi connectivity index (χ0v) is 14.7. The van der Waals surface area contributed by atoms with E-state index < -0.39 is 17.6 Å². The molecule has 2 heterocycles. The number of aromatic nitrogens is 2. The highest BCUT2D eigenvalue weighted by Gasteiger charge is 2.31. The third-order valence-electron chi connectivity index (χ3n) is 3.30. The van der Waals surface area contributed by atoms with E-state index >= 15 is 0 Å². The Kier molecular flexibility index (Phi) is 4.84. The van der Waals surface area contributed by atoms with Crippen LogP contribution in [-0.4, -0.2) is 15.7 Å². The number of hydrogen-bond donors (Lipinski definition) is 1. The molecule has 25 heavy (non-hydrogen) atoms. The van der Waals surface area contributed by atoms with E-state index in [0.29, 0.717) is 15.9 Å². The van der Waals surface area contributed by atoms with Gasteiger partial charge in [-0.3, -0.25) is 9.48 Å². The van der Waals surface area contributed by atoms with Gasteiger partial charge in [0, 0.05) is 16.0 Å². The van der Waals surface area contributed by atoms with E-state index in [1.807, 2.05) is 22.6 Å². The van der Waals surface area contributed by atoms with Gasteiger partial charge in [0.25, 0.3) is 5.91 Å². The van der Waals surface area contributed by atoms with Crippen molar-refractivity contribution in [1.82, 2.24) is 9.78 Å². The second kappa shape index (κ2) is 6.90. The van der Waals surface area contributed by atoms with Crippen molar-refractivity contribution in [3.05, 3.63) is 69.4 Å². The SMILES string of the molecule is O=C(Nc1cc(C(F)(F)F)ccc1I)c1ccc(Cn2cccn2)o1. The summed E-state index contributed by atoms with van der Waals surface area (Å²) in [4.78, 5) is 12.2. The number of hydrogen-bond acceptors (Lipinski definition) is 3. The van der Waals surface area contributed by atoms with Gasteiger partial charge in [-0.15, -0.1) is 0 Å². The van der Waals surface area contributed by atoms with Crippen LogP contribution < -0.4 is 5.32 Å². The maximum Gasteiger partial charge on any atom is 0.416 e. The maximum absolute atomic E-state index is 12.8. The van der Waals surface area contributed by atoms with Crippen molar-refractivity contribution in [1.29, 1.82) is 0 Å². The van der Waals surface area contributed by atoms with Gasteiger partial charge in [-0.2, -0.15) is 18.3 Å². The Morgan fingerprint density at radius 1 is 1.28 bits per heavy atom. The first kappa shape index (κ1) is 17.5. The average Bonchev–Trinajstić information content (AvgIpc) is 3.20. The molecule has 0 atom stereocenters. The highest BCUT2D eigenvalue weighted by molar-refractivity contribution is 14.1. The lowest BCUT2D eigenvalue weighted by atomic mass is 10.2. The van der Waals surface area contributed by atoms with Gasteiger partial charge in [-0.1, -0.05) is 0 Å². The first-order valence-electron chi connectivity index (χ1n) is 7.07. The predicted molar refractivity (Wildman–Crippen MR) is 92.2 cm³/mol. The molecule has 3 rings (SSSR count). The molecule has 1 aromatic carbocycles. The third-order valence-corrected chi connectivity index (χ3v) is 4.25. The van der Waals surface area contributed by atoms with Crippen LogP contribution in [0.5, 0.6) is 0 Å². The number of benzene rings is 1. The highest BCUT2D eigenvalue weighted by atomic mass is 127. The normalized spacial score (nSPS) is 11.5. The second-order valence-corrected chi connectivity index (χ2v) is 6.28. The number of alkyl halides is 3. The lowest BCUT2D eigenvalue weighted by Gasteiger charge is -2.11. The molecule has 5 nitrogen and oxygen atoms in total. The molecule has 0 unspecified atom stereocenters. The van der Waals surface area contributed by atoms with Crippen LogP contribution >= 0.6 is 22.6 Å². The van der Waals surface area contributed by atoms with Gasteiger partial charge in [-0.05, 0) is 59.0 Å². The Morgan fingerprint density at radius 3 is 2.76 bits per heavy atom. The minimum Gasteiger partial charge on any atom is -0.454 e. The molecule has 3 aromatic rings. The minimum atomic E-state index is -4.48. The molecule has 0 spiro atoms. The van der Waals surface area contributed by atoms with E-state index in [2.05, 4.69) is 10.4 Å². The van der Waals surface area contributed by atoms with Crippen LogP contribution in [0.1, 0.15) is 21.9 Å². The summed E-state index contributed by atoms with van der Waals surface area (Å²) in [7, 11) is 0. The van der Waals surface area contributed by atoms with Crippen LogP contribution in [0.15, 0.2) is 53.2 Å². The number of nitrogens with one attached hydrogen (secondary N) is 1. The van der Waals surface area contributed by atoms with Crippen molar-refractivity contribution in [2.75, 3.05) is 5.32 Å². The molecule has 0 saturated heterocycles. The standard InChI is InChI=1S/C16H11F3IN3O2/c17-16(18,19)10-2-4-12(20)13(8-10)22-15(24)14-5-3-11(25-14)9-23-7-1-6-21-23/h1-8H,9H2,(H,22,24). The van der Waals surface area contributed by atoms with Gasteiger partial charge >= 0.3 is 6.18 Å². The van der Waals surface area contributed by atoms with Crippen molar-refractivity contribution >= 4 is 34.2 Å². The van der Waals surface area contributed by atoms with E-state index in [4.69, 9.17) is 4.42 Å². The zero-order chi connectivity index (χ0) is 18.0. The quantitative estimate of drug-likeness (QED) is 0.587. The minimum absolute atomic E-state index is 0.00960. The number of nitrogens with zero attached hydrogens (tertiary/aromatic N) is 2. The van der Waals surface area contributed by atoms with Crippen LogP contribution in [0.25, 0.3) is 0 Å². The smallest absolute Gasteiger partial charge is 0.416 e. The van der Waals surface area contributed by atoms with Gasteiger partial charge in [0.2, 0.25) is 0 Å². The monoisotopic (exact) mass is 461 g/mol. The molecule has 0 aliphatic rings. The molecular formula is C16H11F3IN3O2. The van der Waals surface area contributed by atoms with E-state index in [1.165, 1.54) is 12.1 Å². The fourth-order valence-electron chi connectivity index (χ4n) is 2.12. The fourth-order valence-corrected chi connectivity index (χ4v) is 2.59. The molecule has 9 heteroatoms. The largest absolute Gasteiger partial charge is 0.454 e. The summed E-state index contributed by atoms with van der Waals surface area (Å²) in [6, 6.07) is 8.00. The first-order chi connectivity index (χ1) is 11.8. The fraction of sp³-hybridized carbons (Fsp3) is 0.125. The lowest BCUT2D eigenvalue weighted by molar-refractivity contribution is -0.137. The van der Waals surface area contributed by atoms with Gasteiger partial charge in [-0.25, -0.2) is 0 Å². The van der Waals surface area contributed by atoms with Gasteiger partial charge in [0.15, 0.2) is 5.76 Å². The molecule has 1 amide bonds. The molecule has 0 fully saturated rings. The Labute approximate surface area is 154 Å². The Morgan fingerprint density at radius 2 is 2.08 bits per heavy atom. The summed E-state index contributed by atoms with van der Waals surface area (Å²) < 4.78 is 45.9. The number of anilines is 1. The number of carbonyl (C=O) groups excluding carboxylic acids is 1. The van der Waals surface area contributed by atoms with Crippen molar-refractivity contribution in [3.63, 3.8) is 0 Å². The number of amides is 1. The van der Waals surface area contributed by atoms with Crippen molar-refractivity contribution in [2.45, 2.75) is 12.7 Å². The van der Waals surface area contributed by atoms with E-state index in [9.17, 15) is 18.0 Å². The van der Waals surface area contributed by atoms with Crippen LogP contribution in [0, 0.1) is 3.57 Å². The predicted octanol–water partition coefficient (Wildman–Crippen LogP) is 4.40. The first-order valence-corrected chi connectivity index (χ1v) is 8.15. The molecule has 2 aromatic heterocycles. The van der Waals surface area contributed by atoms with Gasteiger partial charge in [0.1, 0.15) is 5.76 Å². The average molecular weight is 461 g/mol. The second-order valence-electron chi connectivity index (χ2n) is 5.12. The van der Waals surface area contributed by atoms with Crippen LogP contribution in [0.3, 0.4) is 0 Å². The Hall–Kier alpha value is -2.30. The van der Waals surface area contributed by atoms with Crippen LogP contribution in [-0.2, 0) is 12.7 Å². The maximum atomic E-state index is 12.8. The summed E-state index contributed by atoms with van der Waals surface area (Å²) in [6.45, 7) is 0.349. The van der Waals surface area contributed by atoms with Crippen molar-refractivity contribution in [2.24, 2.45) is 0 Å². The number of rotatable bonds is 4. The molecular weight excluding hydrogens is 450 g/mol. The summed E-state index contributed by atoms with van der Waals surface area (Å²) in [6.07, 6.45) is -1.12. The van der Waals surface area contributed by atoms with E-state index in [1.54, 1.807) is 29.2 Å². The molecule has 0 saturated carbocycles. The highest BCUT2D eigenvalue weighted by Crippen LogP contribution is 2.32. The summed E-state index contributed by atoms with van der Waals surface area (Å²) in [5.41, 5.74) is -0.757. The molecule has 130 valence electrons. The zero-order valence-electron chi connectivity index (χ0n) is 12.5. The molecule has 0 aliphatic heterocycles. The van der Waals surface area contributed by atoms with Crippen LogP contribution in [0.4, 0.5) is 18.9 Å². The van der Waals surface area contributed by atoms with Crippen LogP contribution in [0.2, 0.25) is 0 Å². The number of halogens is 4. The molecule has 0 bridgehead atoms.